The van der Waals surface area contributed by atoms with Gasteiger partial charge in [-0.05, 0) is 56.6 Å². The number of nitrogens with zero attached hydrogens (tertiary/aromatic N) is 2. The molecule has 3 nitrogen and oxygen atoms in total. The van der Waals surface area contributed by atoms with Crippen LogP contribution >= 0.6 is 0 Å². The maximum absolute atomic E-state index is 8.93. The zero-order chi connectivity index (χ0) is 13.7. The first-order valence-electron chi connectivity index (χ1n) is 7.18. The SMILES string of the molecule is CCN1CCC(CNC(C)c2cccc(C#N)c2)C1. The molecule has 2 rings (SSSR count). The number of likely N-dealkylation sites (tertiary alicyclic amines) is 1. The van der Waals surface area contributed by atoms with E-state index in [0.29, 0.717) is 6.04 Å². The van der Waals surface area contributed by atoms with Crippen LogP contribution in [0.5, 0.6) is 0 Å². The fraction of sp³-hybridized carbons (Fsp3) is 0.562. The second-order valence-electron chi connectivity index (χ2n) is 5.42. The molecule has 2 unspecified atom stereocenters. The highest BCUT2D eigenvalue weighted by Gasteiger charge is 2.21. The number of nitrogens with one attached hydrogen (secondary N) is 1. The summed E-state index contributed by atoms with van der Waals surface area (Å²) in [5.41, 5.74) is 1.94. The van der Waals surface area contributed by atoms with Crippen LogP contribution in [0.3, 0.4) is 0 Å². The molecule has 0 aromatic heterocycles. The molecular formula is C16H23N3. The van der Waals surface area contributed by atoms with E-state index in [9.17, 15) is 0 Å². The second kappa shape index (κ2) is 6.70. The Morgan fingerprint density at radius 2 is 2.37 bits per heavy atom. The van der Waals surface area contributed by atoms with E-state index in [0.717, 1.165) is 24.6 Å². The molecule has 1 fully saturated rings. The van der Waals surface area contributed by atoms with Crippen molar-refractivity contribution in [2.24, 2.45) is 5.92 Å². The van der Waals surface area contributed by atoms with Crippen molar-refractivity contribution in [3.05, 3.63) is 35.4 Å². The summed E-state index contributed by atoms with van der Waals surface area (Å²) in [6, 6.07) is 10.4. The van der Waals surface area contributed by atoms with Crippen molar-refractivity contribution < 1.29 is 0 Å². The van der Waals surface area contributed by atoms with E-state index in [-0.39, 0.29) is 0 Å². The summed E-state index contributed by atoms with van der Waals surface area (Å²) in [5, 5.41) is 12.5. The molecule has 3 heteroatoms. The highest BCUT2D eigenvalue weighted by Crippen LogP contribution is 2.18. The van der Waals surface area contributed by atoms with Gasteiger partial charge in [-0.1, -0.05) is 19.1 Å². The summed E-state index contributed by atoms with van der Waals surface area (Å²) >= 11 is 0. The van der Waals surface area contributed by atoms with Crippen LogP contribution in [0.4, 0.5) is 0 Å². The predicted molar refractivity (Wildman–Crippen MR) is 77.8 cm³/mol. The lowest BCUT2D eigenvalue weighted by molar-refractivity contribution is 0.336. The number of hydrogen-bond acceptors (Lipinski definition) is 3. The summed E-state index contributed by atoms with van der Waals surface area (Å²) in [6.45, 7) is 9.08. The maximum atomic E-state index is 8.93. The molecule has 1 aliphatic heterocycles. The van der Waals surface area contributed by atoms with Gasteiger partial charge in [0.25, 0.3) is 0 Å². The van der Waals surface area contributed by atoms with E-state index in [1.807, 2.05) is 18.2 Å². The molecule has 1 N–H and O–H groups in total. The minimum Gasteiger partial charge on any atom is -0.310 e. The normalized spacial score (nSPS) is 21.2. The van der Waals surface area contributed by atoms with Crippen LogP contribution in [0.25, 0.3) is 0 Å². The largest absolute Gasteiger partial charge is 0.310 e. The predicted octanol–water partition coefficient (Wildman–Crippen LogP) is 2.55. The Hall–Kier alpha value is -1.37. The van der Waals surface area contributed by atoms with E-state index in [4.69, 9.17) is 5.26 Å². The standard InChI is InChI=1S/C16H23N3/c1-3-19-8-7-15(12-19)11-18-13(2)16-6-4-5-14(9-16)10-17/h4-6,9,13,15,18H,3,7-8,11-12H2,1-2H3. The first-order valence-corrected chi connectivity index (χ1v) is 7.18. The Morgan fingerprint density at radius 1 is 1.53 bits per heavy atom. The number of benzene rings is 1. The lowest BCUT2D eigenvalue weighted by atomic mass is 10.0. The van der Waals surface area contributed by atoms with Gasteiger partial charge in [-0.25, -0.2) is 0 Å². The Labute approximate surface area is 116 Å². The molecule has 1 aromatic rings. The van der Waals surface area contributed by atoms with Crippen LogP contribution in [-0.4, -0.2) is 31.1 Å². The van der Waals surface area contributed by atoms with Gasteiger partial charge < -0.3 is 10.2 Å². The average Bonchev–Trinajstić information content (AvgIpc) is 2.93. The lowest BCUT2D eigenvalue weighted by Crippen LogP contribution is -2.28. The van der Waals surface area contributed by atoms with Crippen molar-refractivity contribution in [2.75, 3.05) is 26.2 Å². The van der Waals surface area contributed by atoms with E-state index in [1.54, 1.807) is 0 Å². The van der Waals surface area contributed by atoms with Crippen LogP contribution in [0, 0.1) is 17.2 Å². The van der Waals surface area contributed by atoms with Gasteiger partial charge >= 0.3 is 0 Å². The molecule has 1 heterocycles. The molecule has 0 aliphatic carbocycles. The third kappa shape index (κ3) is 3.79. The van der Waals surface area contributed by atoms with Crippen LogP contribution < -0.4 is 5.32 Å². The van der Waals surface area contributed by atoms with Crippen molar-refractivity contribution in [1.82, 2.24) is 10.2 Å². The first kappa shape index (κ1) is 14.0. The lowest BCUT2D eigenvalue weighted by Gasteiger charge is -2.18. The Bertz CT molecular complexity index is 450. The van der Waals surface area contributed by atoms with Gasteiger partial charge in [0.05, 0.1) is 11.6 Å². The van der Waals surface area contributed by atoms with E-state index in [1.165, 1.54) is 25.1 Å². The van der Waals surface area contributed by atoms with Crippen LogP contribution in [0.1, 0.15) is 37.4 Å². The maximum Gasteiger partial charge on any atom is 0.0991 e. The minimum atomic E-state index is 0.309. The molecule has 0 radical (unpaired) electrons. The van der Waals surface area contributed by atoms with Gasteiger partial charge in [0.2, 0.25) is 0 Å². The van der Waals surface area contributed by atoms with Gasteiger partial charge in [0.1, 0.15) is 0 Å². The quantitative estimate of drug-likeness (QED) is 0.881. The topological polar surface area (TPSA) is 39.1 Å². The van der Waals surface area contributed by atoms with Crippen LogP contribution in [0.15, 0.2) is 24.3 Å². The third-order valence-corrected chi connectivity index (χ3v) is 4.05. The number of hydrogen-bond donors (Lipinski definition) is 1. The Kier molecular flexibility index (Phi) is 4.95. The van der Waals surface area contributed by atoms with Crippen LogP contribution in [-0.2, 0) is 0 Å². The van der Waals surface area contributed by atoms with Gasteiger partial charge in [-0.15, -0.1) is 0 Å². The van der Waals surface area contributed by atoms with Crippen molar-refractivity contribution in [1.29, 1.82) is 5.26 Å². The molecule has 0 bridgehead atoms. The highest BCUT2D eigenvalue weighted by atomic mass is 15.1. The van der Waals surface area contributed by atoms with Crippen molar-refractivity contribution in [2.45, 2.75) is 26.3 Å². The second-order valence-corrected chi connectivity index (χ2v) is 5.42. The first-order chi connectivity index (χ1) is 9.22. The molecular weight excluding hydrogens is 234 g/mol. The van der Waals surface area contributed by atoms with Crippen molar-refractivity contribution in [3.8, 4) is 6.07 Å². The number of rotatable bonds is 5. The molecule has 19 heavy (non-hydrogen) atoms. The van der Waals surface area contributed by atoms with Crippen LogP contribution in [0.2, 0.25) is 0 Å². The molecule has 0 spiro atoms. The summed E-state index contributed by atoms with van der Waals surface area (Å²) in [4.78, 5) is 2.51. The zero-order valence-electron chi connectivity index (χ0n) is 11.9. The average molecular weight is 257 g/mol. The molecule has 102 valence electrons. The minimum absolute atomic E-state index is 0.309. The molecule has 1 aromatic carbocycles. The Balaban J connectivity index is 1.84. The summed E-state index contributed by atoms with van der Waals surface area (Å²) in [5.74, 6) is 0.765. The Morgan fingerprint density at radius 3 is 3.05 bits per heavy atom. The smallest absolute Gasteiger partial charge is 0.0991 e. The third-order valence-electron chi connectivity index (χ3n) is 4.05. The van der Waals surface area contributed by atoms with E-state index >= 15 is 0 Å². The summed E-state index contributed by atoms with van der Waals surface area (Å²) in [7, 11) is 0. The number of nitriles is 1. The zero-order valence-corrected chi connectivity index (χ0v) is 11.9. The van der Waals surface area contributed by atoms with Gasteiger partial charge in [-0.3, -0.25) is 0 Å². The molecule has 2 atom stereocenters. The molecule has 0 saturated carbocycles. The fourth-order valence-electron chi connectivity index (χ4n) is 2.71. The van der Waals surface area contributed by atoms with Gasteiger partial charge in [0.15, 0.2) is 0 Å². The summed E-state index contributed by atoms with van der Waals surface area (Å²) in [6.07, 6.45) is 1.30. The fourth-order valence-corrected chi connectivity index (χ4v) is 2.71. The van der Waals surface area contributed by atoms with E-state index in [2.05, 4.69) is 36.2 Å². The highest BCUT2D eigenvalue weighted by molar-refractivity contribution is 5.34. The van der Waals surface area contributed by atoms with Gasteiger partial charge in [0, 0.05) is 12.6 Å². The molecule has 1 aliphatic rings. The van der Waals surface area contributed by atoms with Gasteiger partial charge in [-0.2, -0.15) is 5.26 Å². The van der Waals surface area contributed by atoms with E-state index < -0.39 is 0 Å². The summed E-state index contributed by atoms with van der Waals surface area (Å²) < 4.78 is 0. The molecule has 1 saturated heterocycles. The monoisotopic (exact) mass is 257 g/mol. The van der Waals surface area contributed by atoms with Crippen molar-refractivity contribution >= 4 is 0 Å². The van der Waals surface area contributed by atoms with Crippen molar-refractivity contribution in [3.63, 3.8) is 0 Å². The molecule has 0 amide bonds.